The normalized spacial score (nSPS) is 11.0. The van der Waals surface area contributed by atoms with Crippen molar-refractivity contribution in [1.82, 2.24) is 4.57 Å². The second-order valence-corrected chi connectivity index (χ2v) is 5.06. The second-order valence-electron chi connectivity index (χ2n) is 5.06. The van der Waals surface area contributed by atoms with Crippen molar-refractivity contribution in [1.29, 1.82) is 0 Å². The monoisotopic (exact) mass is 281 g/mol. The van der Waals surface area contributed by atoms with Crippen molar-refractivity contribution in [2.75, 3.05) is 0 Å². The number of nitrogens with zero attached hydrogens (tertiary/aromatic N) is 1. The lowest BCUT2D eigenvalue weighted by atomic mass is 10.1. The van der Waals surface area contributed by atoms with E-state index in [1.165, 1.54) is 6.07 Å². The SMILES string of the molecule is CCC(=O)c1cn(Cc2ccccc2F)c2ccccc12. The molecule has 0 bridgehead atoms. The van der Waals surface area contributed by atoms with Gasteiger partial charge in [0.2, 0.25) is 0 Å². The number of ketones is 1. The molecule has 0 N–H and O–H groups in total. The van der Waals surface area contributed by atoms with Gasteiger partial charge in [-0.05, 0) is 12.1 Å². The van der Waals surface area contributed by atoms with E-state index in [0.717, 1.165) is 10.9 Å². The fourth-order valence-corrected chi connectivity index (χ4v) is 2.60. The zero-order valence-corrected chi connectivity index (χ0v) is 11.8. The molecule has 2 aromatic carbocycles. The zero-order chi connectivity index (χ0) is 14.8. The number of aromatic nitrogens is 1. The highest BCUT2D eigenvalue weighted by atomic mass is 19.1. The average Bonchev–Trinajstić information content (AvgIpc) is 2.88. The summed E-state index contributed by atoms with van der Waals surface area (Å²) in [6, 6.07) is 14.5. The van der Waals surface area contributed by atoms with Gasteiger partial charge in [0.15, 0.2) is 5.78 Å². The van der Waals surface area contributed by atoms with E-state index in [2.05, 4.69) is 0 Å². The van der Waals surface area contributed by atoms with E-state index in [-0.39, 0.29) is 11.6 Å². The summed E-state index contributed by atoms with van der Waals surface area (Å²) < 4.78 is 15.8. The summed E-state index contributed by atoms with van der Waals surface area (Å²) in [4.78, 5) is 12.1. The summed E-state index contributed by atoms with van der Waals surface area (Å²) >= 11 is 0. The molecule has 3 rings (SSSR count). The lowest BCUT2D eigenvalue weighted by Crippen LogP contribution is -2.01. The van der Waals surface area contributed by atoms with Crippen LogP contribution >= 0.6 is 0 Å². The van der Waals surface area contributed by atoms with Crippen molar-refractivity contribution in [3.8, 4) is 0 Å². The Morgan fingerprint density at radius 1 is 1.10 bits per heavy atom. The number of rotatable bonds is 4. The number of hydrogen-bond donors (Lipinski definition) is 0. The molecule has 1 heterocycles. The molecule has 0 spiro atoms. The first-order valence-electron chi connectivity index (χ1n) is 7.05. The Morgan fingerprint density at radius 2 is 1.81 bits per heavy atom. The minimum Gasteiger partial charge on any atom is -0.342 e. The Balaban J connectivity index is 2.11. The predicted octanol–water partition coefficient (Wildman–Crippen LogP) is 4.42. The van der Waals surface area contributed by atoms with Gasteiger partial charge in [-0.1, -0.05) is 43.3 Å². The van der Waals surface area contributed by atoms with Gasteiger partial charge in [0.25, 0.3) is 0 Å². The number of benzene rings is 2. The number of para-hydroxylation sites is 1. The van der Waals surface area contributed by atoms with Crippen LogP contribution in [0.25, 0.3) is 10.9 Å². The molecule has 0 amide bonds. The Labute approximate surface area is 122 Å². The number of Topliss-reactive ketones (excluding diaryl/α,β-unsaturated/α-hetero) is 1. The number of carbonyl (C=O) groups excluding carboxylic acids is 1. The van der Waals surface area contributed by atoms with Crippen molar-refractivity contribution >= 4 is 16.7 Å². The van der Waals surface area contributed by atoms with Crippen molar-refractivity contribution in [2.45, 2.75) is 19.9 Å². The van der Waals surface area contributed by atoms with E-state index >= 15 is 0 Å². The molecule has 2 nitrogen and oxygen atoms in total. The first-order valence-corrected chi connectivity index (χ1v) is 7.05. The fourth-order valence-electron chi connectivity index (χ4n) is 2.60. The smallest absolute Gasteiger partial charge is 0.164 e. The number of hydrogen-bond acceptors (Lipinski definition) is 1. The minimum atomic E-state index is -0.223. The maximum atomic E-state index is 13.8. The maximum Gasteiger partial charge on any atom is 0.164 e. The van der Waals surface area contributed by atoms with Crippen molar-refractivity contribution in [3.63, 3.8) is 0 Å². The van der Waals surface area contributed by atoms with Gasteiger partial charge in [-0.3, -0.25) is 4.79 Å². The molecule has 0 unspecified atom stereocenters. The minimum absolute atomic E-state index is 0.110. The van der Waals surface area contributed by atoms with E-state index in [1.807, 2.05) is 48.0 Å². The Kier molecular flexibility index (Phi) is 3.57. The summed E-state index contributed by atoms with van der Waals surface area (Å²) in [6.45, 7) is 2.27. The highest BCUT2D eigenvalue weighted by Crippen LogP contribution is 2.24. The third-order valence-corrected chi connectivity index (χ3v) is 3.71. The lowest BCUT2D eigenvalue weighted by molar-refractivity contribution is 0.0989. The van der Waals surface area contributed by atoms with Crippen LogP contribution in [0.15, 0.2) is 54.7 Å². The average molecular weight is 281 g/mol. The van der Waals surface area contributed by atoms with Crippen LogP contribution in [0.1, 0.15) is 29.3 Å². The standard InChI is InChI=1S/C18H16FNO/c1-2-18(21)15-12-20(17-10-6-4-8-14(15)17)11-13-7-3-5-9-16(13)19/h3-10,12H,2,11H2,1H3. The quantitative estimate of drug-likeness (QED) is 0.649. The maximum absolute atomic E-state index is 13.8. The molecule has 0 radical (unpaired) electrons. The molecule has 0 atom stereocenters. The molecule has 0 saturated carbocycles. The largest absolute Gasteiger partial charge is 0.342 e. The predicted molar refractivity (Wildman–Crippen MR) is 82.1 cm³/mol. The molecule has 0 aliphatic rings. The topological polar surface area (TPSA) is 22.0 Å². The van der Waals surface area contributed by atoms with Crippen LogP contribution in [0.4, 0.5) is 4.39 Å². The van der Waals surface area contributed by atoms with Gasteiger partial charge in [0.05, 0.1) is 6.54 Å². The lowest BCUT2D eigenvalue weighted by Gasteiger charge is -2.06. The number of halogens is 1. The highest BCUT2D eigenvalue weighted by Gasteiger charge is 2.14. The first kappa shape index (κ1) is 13.6. The summed E-state index contributed by atoms with van der Waals surface area (Å²) in [5, 5.41) is 0.931. The Hall–Kier alpha value is -2.42. The summed E-state index contributed by atoms with van der Waals surface area (Å²) in [6.07, 6.45) is 2.30. The van der Waals surface area contributed by atoms with E-state index in [1.54, 1.807) is 12.1 Å². The zero-order valence-electron chi connectivity index (χ0n) is 11.8. The van der Waals surface area contributed by atoms with Gasteiger partial charge in [-0.25, -0.2) is 4.39 Å². The molecular formula is C18H16FNO. The third kappa shape index (κ3) is 2.47. The second kappa shape index (κ2) is 5.52. The molecule has 0 saturated heterocycles. The van der Waals surface area contributed by atoms with Gasteiger partial charge >= 0.3 is 0 Å². The van der Waals surface area contributed by atoms with Crippen molar-refractivity contribution < 1.29 is 9.18 Å². The van der Waals surface area contributed by atoms with Crippen LogP contribution in [0.3, 0.4) is 0 Å². The van der Waals surface area contributed by atoms with E-state index in [9.17, 15) is 9.18 Å². The molecule has 3 aromatic rings. The molecule has 0 aliphatic heterocycles. The highest BCUT2D eigenvalue weighted by molar-refractivity contribution is 6.08. The van der Waals surface area contributed by atoms with E-state index in [0.29, 0.717) is 24.1 Å². The van der Waals surface area contributed by atoms with Crippen LogP contribution in [0.2, 0.25) is 0 Å². The molecule has 1 aromatic heterocycles. The molecule has 0 aliphatic carbocycles. The van der Waals surface area contributed by atoms with E-state index < -0.39 is 0 Å². The first-order chi connectivity index (χ1) is 10.2. The third-order valence-electron chi connectivity index (χ3n) is 3.71. The molecule has 0 fully saturated rings. The van der Waals surface area contributed by atoms with Crippen LogP contribution in [-0.4, -0.2) is 10.4 Å². The molecule has 3 heteroatoms. The van der Waals surface area contributed by atoms with Crippen LogP contribution < -0.4 is 0 Å². The van der Waals surface area contributed by atoms with Gasteiger partial charge < -0.3 is 4.57 Å². The van der Waals surface area contributed by atoms with Gasteiger partial charge in [0.1, 0.15) is 5.82 Å². The number of carbonyl (C=O) groups is 1. The van der Waals surface area contributed by atoms with Crippen LogP contribution in [-0.2, 0) is 6.54 Å². The van der Waals surface area contributed by atoms with Crippen molar-refractivity contribution in [2.24, 2.45) is 0 Å². The van der Waals surface area contributed by atoms with Crippen molar-refractivity contribution in [3.05, 3.63) is 71.7 Å². The Morgan fingerprint density at radius 3 is 2.57 bits per heavy atom. The van der Waals surface area contributed by atoms with Gasteiger partial charge in [-0.15, -0.1) is 0 Å². The molecular weight excluding hydrogens is 265 g/mol. The summed E-state index contributed by atoms with van der Waals surface area (Å²) in [5.74, 6) is -0.114. The van der Waals surface area contributed by atoms with Crippen LogP contribution in [0, 0.1) is 5.82 Å². The van der Waals surface area contributed by atoms with Gasteiger partial charge in [0, 0.05) is 34.6 Å². The van der Waals surface area contributed by atoms with Crippen LogP contribution in [0.5, 0.6) is 0 Å². The summed E-state index contributed by atoms with van der Waals surface area (Å²) in [7, 11) is 0. The molecule has 21 heavy (non-hydrogen) atoms. The number of fused-ring (bicyclic) bond motifs is 1. The molecule has 106 valence electrons. The Bertz CT molecular complexity index is 804. The fraction of sp³-hybridized carbons (Fsp3) is 0.167. The summed E-state index contributed by atoms with van der Waals surface area (Å²) in [5.41, 5.74) is 2.29. The van der Waals surface area contributed by atoms with Gasteiger partial charge in [-0.2, -0.15) is 0 Å². The van der Waals surface area contributed by atoms with E-state index in [4.69, 9.17) is 0 Å².